The molecule has 0 aliphatic carbocycles. The molecule has 0 amide bonds. The van der Waals surface area contributed by atoms with Crippen molar-refractivity contribution in [1.82, 2.24) is 10.2 Å². The molecule has 1 fully saturated rings. The van der Waals surface area contributed by atoms with Gasteiger partial charge in [-0.15, -0.1) is 0 Å². The maximum Gasteiger partial charge on any atom is 0.156 e. The van der Waals surface area contributed by atoms with Gasteiger partial charge >= 0.3 is 0 Å². The summed E-state index contributed by atoms with van der Waals surface area (Å²) in [5.41, 5.74) is 0. The second kappa shape index (κ2) is 8.81. The minimum Gasteiger partial charge on any atom is -0.362 e. The van der Waals surface area contributed by atoms with Crippen molar-refractivity contribution in [3.63, 3.8) is 0 Å². The van der Waals surface area contributed by atoms with Crippen molar-refractivity contribution in [3.8, 4) is 0 Å². The third kappa shape index (κ3) is 5.77. The molecule has 100 valence electrons. The zero-order chi connectivity index (χ0) is 12.5. The Bertz CT molecular complexity index is 231. The van der Waals surface area contributed by atoms with Gasteiger partial charge in [-0.3, -0.25) is 4.99 Å². The Balaban J connectivity index is 2.27. The van der Waals surface area contributed by atoms with E-state index >= 15 is 0 Å². The highest BCUT2D eigenvalue weighted by atomic mass is 32.2. The minimum absolute atomic E-state index is 0.646. The Hall–Kier alpha value is -0.220. The van der Waals surface area contributed by atoms with Crippen molar-refractivity contribution in [3.05, 3.63) is 0 Å². The number of hydrogen-bond acceptors (Lipinski definition) is 3. The molecule has 1 rings (SSSR count). The fraction of sp³-hybridized carbons (Fsp3) is 0.923. The van der Waals surface area contributed by atoms with E-state index in [1.807, 2.05) is 11.8 Å². The summed E-state index contributed by atoms with van der Waals surface area (Å²) in [6.07, 6.45) is 3.71. The van der Waals surface area contributed by atoms with Crippen LogP contribution >= 0.6 is 11.8 Å². The van der Waals surface area contributed by atoms with E-state index in [-0.39, 0.29) is 0 Å². The lowest BCUT2D eigenvalue weighted by Gasteiger charge is -2.24. The summed E-state index contributed by atoms with van der Waals surface area (Å²) < 4.78 is 0. The van der Waals surface area contributed by atoms with Gasteiger partial charge in [-0.25, -0.2) is 0 Å². The van der Waals surface area contributed by atoms with Gasteiger partial charge in [0.05, 0.1) is 6.54 Å². The average Bonchev–Trinajstić information content (AvgIpc) is 2.38. The van der Waals surface area contributed by atoms with Gasteiger partial charge in [0.25, 0.3) is 0 Å². The SMILES string of the molecule is CCCN(CC)CCN=C1NC(CC)CCS1. The number of likely N-dealkylation sites (N-methyl/N-ethyl adjacent to an activating group) is 1. The normalized spacial score (nSPS) is 23.1. The highest BCUT2D eigenvalue weighted by Gasteiger charge is 2.15. The molecule has 0 radical (unpaired) electrons. The van der Waals surface area contributed by atoms with Crippen LogP contribution in [0.2, 0.25) is 0 Å². The molecule has 0 spiro atoms. The molecule has 0 bridgehead atoms. The van der Waals surface area contributed by atoms with Crippen LogP contribution in [0.25, 0.3) is 0 Å². The van der Waals surface area contributed by atoms with Gasteiger partial charge in [-0.2, -0.15) is 0 Å². The van der Waals surface area contributed by atoms with Crippen LogP contribution in [0.5, 0.6) is 0 Å². The largest absolute Gasteiger partial charge is 0.362 e. The summed E-state index contributed by atoms with van der Waals surface area (Å²) in [5, 5.41) is 4.68. The van der Waals surface area contributed by atoms with Gasteiger partial charge in [-0.05, 0) is 32.4 Å². The zero-order valence-corrected chi connectivity index (χ0v) is 12.4. The van der Waals surface area contributed by atoms with E-state index in [1.165, 1.54) is 31.6 Å². The average molecular weight is 257 g/mol. The quantitative estimate of drug-likeness (QED) is 0.759. The monoisotopic (exact) mass is 257 g/mol. The topological polar surface area (TPSA) is 27.6 Å². The second-order valence-electron chi connectivity index (χ2n) is 4.51. The molecule has 0 aromatic rings. The van der Waals surface area contributed by atoms with Crippen LogP contribution in [-0.4, -0.2) is 48.0 Å². The summed E-state index contributed by atoms with van der Waals surface area (Å²) in [7, 11) is 0. The van der Waals surface area contributed by atoms with E-state index in [2.05, 4.69) is 36.0 Å². The van der Waals surface area contributed by atoms with E-state index in [0.29, 0.717) is 6.04 Å². The first-order valence-electron chi connectivity index (χ1n) is 6.96. The highest BCUT2D eigenvalue weighted by molar-refractivity contribution is 8.13. The molecule has 1 aliphatic heterocycles. The predicted octanol–water partition coefficient (Wildman–Crippen LogP) is 2.58. The molecule has 1 heterocycles. The number of aliphatic imine (C=N–C) groups is 1. The molecular formula is C13H27N3S. The first kappa shape index (κ1) is 14.8. The second-order valence-corrected chi connectivity index (χ2v) is 5.59. The first-order chi connectivity index (χ1) is 8.30. The fourth-order valence-electron chi connectivity index (χ4n) is 2.02. The van der Waals surface area contributed by atoms with Crippen molar-refractivity contribution >= 4 is 16.9 Å². The third-order valence-corrected chi connectivity index (χ3v) is 4.14. The third-order valence-electron chi connectivity index (χ3n) is 3.18. The van der Waals surface area contributed by atoms with E-state index in [1.54, 1.807) is 0 Å². The van der Waals surface area contributed by atoms with E-state index in [9.17, 15) is 0 Å². The summed E-state index contributed by atoms with van der Waals surface area (Å²) >= 11 is 1.88. The molecule has 1 N–H and O–H groups in total. The van der Waals surface area contributed by atoms with Gasteiger partial charge in [0, 0.05) is 18.3 Å². The van der Waals surface area contributed by atoms with E-state index < -0.39 is 0 Å². The van der Waals surface area contributed by atoms with Crippen molar-refractivity contribution in [2.45, 2.75) is 46.1 Å². The lowest BCUT2D eigenvalue weighted by molar-refractivity contribution is 0.297. The van der Waals surface area contributed by atoms with Crippen LogP contribution in [0.3, 0.4) is 0 Å². The molecule has 1 saturated heterocycles. The Kier molecular flexibility index (Phi) is 7.69. The van der Waals surface area contributed by atoms with Gasteiger partial charge in [0.15, 0.2) is 5.17 Å². The molecule has 0 aromatic carbocycles. The van der Waals surface area contributed by atoms with Crippen molar-refractivity contribution < 1.29 is 0 Å². The molecule has 0 saturated carbocycles. The maximum atomic E-state index is 4.68. The van der Waals surface area contributed by atoms with Crippen molar-refractivity contribution in [2.75, 3.05) is 31.9 Å². The lowest BCUT2D eigenvalue weighted by atomic mass is 10.2. The number of rotatable bonds is 7. The van der Waals surface area contributed by atoms with Crippen LogP contribution in [0.4, 0.5) is 0 Å². The summed E-state index contributed by atoms with van der Waals surface area (Å²) in [4.78, 5) is 7.15. The summed E-state index contributed by atoms with van der Waals surface area (Å²) in [6.45, 7) is 11.1. The Morgan fingerprint density at radius 1 is 1.35 bits per heavy atom. The standard InChI is InChI=1S/C13H27N3S/c1-4-9-16(6-3)10-8-14-13-15-12(5-2)7-11-17-13/h12H,4-11H2,1-3H3,(H,14,15). The first-order valence-corrected chi connectivity index (χ1v) is 7.94. The Labute approximate surface area is 110 Å². The van der Waals surface area contributed by atoms with Crippen LogP contribution in [0.15, 0.2) is 4.99 Å². The minimum atomic E-state index is 0.646. The molecule has 17 heavy (non-hydrogen) atoms. The number of amidine groups is 1. The number of thioether (sulfide) groups is 1. The Morgan fingerprint density at radius 2 is 2.18 bits per heavy atom. The number of nitrogens with one attached hydrogen (secondary N) is 1. The smallest absolute Gasteiger partial charge is 0.156 e. The highest BCUT2D eigenvalue weighted by Crippen LogP contribution is 2.15. The van der Waals surface area contributed by atoms with Gasteiger partial charge in [0.1, 0.15) is 0 Å². The molecule has 1 unspecified atom stereocenters. The van der Waals surface area contributed by atoms with Crippen LogP contribution in [-0.2, 0) is 0 Å². The number of hydrogen-bond donors (Lipinski definition) is 1. The zero-order valence-electron chi connectivity index (χ0n) is 11.5. The van der Waals surface area contributed by atoms with Crippen molar-refractivity contribution in [2.24, 2.45) is 4.99 Å². The van der Waals surface area contributed by atoms with Gasteiger partial charge in [-0.1, -0.05) is 32.5 Å². The Morgan fingerprint density at radius 3 is 2.82 bits per heavy atom. The molecule has 1 atom stereocenters. The van der Waals surface area contributed by atoms with E-state index in [4.69, 9.17) is 0 Å². The van der Waals surface area contributed by atoms with Crippen LogP contribution in [0.1, 0.15) is 40.0 Å². The fourth-order valence-corrected chi connectivity index (χ4v) is 3.05. The summed E-state index contributed by atoms with van der Waals surface area (Å²) in [5.74, 6) is 1.22. The molecule has 1 aliphatic rings. The van der Waals surface area contributed by atoms with Gasteiger partial charge in [0.2, 0.25) is 0 Å². The van der Waals surface area contributed by atoms with Gasteiger partial charge < -0.3 is 10.2 Å². The van der Waals surface area contributed by atoms with Crippen molar-refractivity contribution in [1.29, 1.82) is 0 Å². The number of nitrogens with zero attached hydrogens (tertiary/aromatic N) is 2. The summed E-state index contributed by atoms with van der Waals surface area (Å²) in [6, 6.07) is 0.646. The van der Waals surface area contributed by atoms with E-state index in [0.717, 1.165) is 24.8 Å². The lowest BCUT2D eigenvalue weighted by Crippen LogP contribution is -2.37. The van der Waals surface area contributed by atoms with Crippen LogP contribution in [0, 0.1) is 0 Å². The molecule has 3 nitrogen and oxygen atoms in total. The molecule has 4 heteroatoms. The maximum absolute atomic E-state index is 4.68. The van der Waals surface area contributed by atoms with Crippen LogP contribution < -0.4 is 5.32 Å². The molecule has 0 aromatic heterocycles. The predicted molar refractivity (Wildman–Crippen MR) is 79.0 cm³/mol. The molecular weight excluding hydrogens is 230 g/mol.